The van der Waals surface area contributed by atoms with E-state index in [0.29, 0.717) is 0 Å². The zero-order chi connectivity index (χ0) is 18.9. The minimum absolute atomic E-state index is 0.177. The summed E-state index contributed by atoms with van der Waals surface area (Å²) in [5.41, 5.74) is 2.32. The van der Waals surface area contributed by atoms with Crippen molar-refractivity contribution in [3.05, 3.63) is 42.1 Å². The van der Waals surface area contributed by atoms with Crippen molar-refractivity contribution in [3.8, 4) is 0 Å². The smallest absolute Gasteiger partial charge is 0.0711 e. The largest absolute Gasteiger partial charge is 0.391 e. The molecule has 0 amide bonds. The molecule has 0 saturated carbocycles. The molecule has 1 aromatic heterocycles. The molecule has 2 aromatic rings. The first-order valence-electron chi connectivity index (χ1n) is 10.5. The summed E-state index contributed by atoms with van der Waals surface area (Å²) in [4.78, 5) is 9.91. The van der Waals surface area contributed by atoms with Crippen LogP contribution in [0, 0.1) is 5.92 Å². The van der Waals surface area contributed by atoms with E-state index < -0.39 is 0 Å². The van der Waals surface area contributed by atoms with Gasteiger partial charge < -0.3 is 5.11 Å². The number of likely N-dealkylation sites (tertiary alicyclic amines) is 2. The molecule has 2 fully saturated rings. The first kappa shape index (κ1) is 18.9. The number of nitrogens with zero attached hydrogens (tertiary/aromatic N) is 3. The number of rotatable bonds is 5. The Kier molecular flexibility index (Phi) is 5.49. The normalized spacial score (nSPS) is 25.3. The molecule has 2 saturated heterocycles. The number of para-hydroxylation sites is 1. The van der Waals surface area contributed by atoms with Crippen LogP contribution >= 0.6 is 0 Å². The van der Waals surface area contributed by atoms with Gasteiger partial charge in [0.2, 0.25) is 0 Å². The lowest BCUT2D eigenvalue weighted by atomic mass is 9.97. The van der Waals surface area contributed by atoms with Crippen LogP contribution in [0.4, 0.5) is 0 Å². The number of hydrogen-bond acceptors (Lipinski definition) is 4. The second-order valence-electron chi connectivity index (χ2n) is 9.08. The van der Waals surface area contributed by atoms with E-state index in [9.17, 15) is 5.11 Å². The molecule has 4 nitrogen and oxygen atoms in total. The molecule has 1 N–H and O–H groups in total. The van der Waals surface area contributed by atoms with Crippen LogP contribution in [-0.2, 0) is 6.42 Å². The number of piperidine rings is 1. The zero-order valence-corrected chi connectivity index (χ0v) is 16.8. The Bertz CT molecular complexity index is 769. The van der Waals surface area contributed by atoms with Crippen LogP contribution in [0.3, 0.4) is 0 Å². The van der Waals surface area contributed by atoms with Gasteiger partial charge in [-0.3, -0.25) is 14.8 Å². The molecule has 2 aliphatic rings. The molecule has 0 radical (unpaired) electrons. The number of β-amino-alcohol motifs (C(OH)–C–C–N with tert-alkyl or cyclic N) is 1. The average molecular weight is 368 g/mol. The molecule has 3 heterocycles. The van der Waals surface area contributed by atoms with Gasteiger partial charge in [-0.15, -0.1) is 0 Å². The lowest BCUT2D eigenvalue weighted by Crippen LogP contribution is -2.53. The maximum Gasteiger partial charge on any atom is 0.0711 e. The summed E-state index contributed by atoms with van der Waals surface area (Å²) in [5, 5.41) is 11.8. The fraction of sp³-hybridized carbons (Fsp3) is 0.609. The summed E-state index contributed by atoms with van der Waals surface area (Å²) in [5.74, 6) is 0.274. The summed E-state index contributed by atoms with van der Waals surface area (Å²) in [6.45, 7) is 9.95. The summed E-state index contributed by atoms with van der Waals surface area (Å²) in [7, 11) is 0. The molecule has 146 valence electrons. The van der Waals surface area contributed by atoms with Gasteiger partial charge in [0, 0.05) is 42.2 Å². The fourth-order valence-electron chi connectivity index (χ4n) is 4.91. The number of benzene rings is 1. The Hall–Kier alpha value is -1.49. The van der Waals surface area contributed by atoms with Crippen molar-refractivity contribution in [3.63, 3.8) is 0 Å². The maximum absolute atomic E-state index is 10.7. The second kappa shape index (κ2) is 7.86. The fourth-order valence-corrected chi connectivity index (χ4v) is 4.91. The second-order valence-corrected chi connectivity index (χ2v) is 9.08. The van der Waals surface area contributed by atoms with E-state index in [4.69, 9.17) is 4.98 Å². The first-order chi connectivity index (χ1) is 13.0. The van der Waals surface area contributed by atoms with Crippen molar-refractivity contribution >= 4 is 10.9 Å². The van der Waals surface area contributed by atoms with Crippen LogP contribution < -0.4 is 0 Å². The van der Waals surface area contributed by atoms with Crippen LogP contribution in [0.25, 0.3) is 10.9 Å². The lowest BCUT2D eigenvalue weighted by molar-refractivity contribution is 0.0602. The van der Waals surface area contributed by atoms with Crippen LogP contribution in [-0.4, -0.2) is 64.3 Å². The zero-order valence-electron chi connectivity index (χ0n) is 16.8. The van der Waals surface area contributed by atoms with E-state index in [1.165, 1.54) is 37.7 Å². The molecular formula is C23H33N3O. The van der Waals surface area contributed by atoms with E-state index >= 15 is 0 Å². The highest BCUT2D eigenvalue weighted by Gasteiger charge is 2.36. The van der Waals surface area contributed by atoms with Crippen molar-refractivity contribution in [2.75, 3.05) is 32.7 Å². The van der Waals surface area contributed by atoms with Crippen LogP contribution in [0.2, 0.25) is 0 Å². The molecule has 1 aromatic carbocycles. The molecule has 27 heavy (non-hydrogen) atoms. The van der Waals surface area contributed by atoms with E-state index in [1.807, 2.05) is 12.1 Å². The SMILES string of the molecule is CC(C)(CN1C[C@@H](Cc2ccc3ccccc3n2)[C@H](O)C1)N1CCCCC1. The van der Waals surface area contributed by atoms with Crippen molar-refractivity contribution in [2.45, 2.75) is 51.2 Å². The summed E-state index contributed by atoms with van der Waals surface area (Å²) >= 11 is 0. The molecule has 2 atom stereocenters. The van der Waals surface area contributed by atoms with Crippen molar-refractivity contribution < 1.29 is 5.11 Å². The highest BCUT2D eigenvalue weighted by Crippen LogP contribution is 2.27. The summed E-state index contributed by atoms with van der Waals surface area (Å²) < 4.78 is 0. The predicted molar refractivity (Wildman–Crippen MR) is 111 cm³/mol. The molecule has 0 aliphatic carbocycles. The topological polar surface area (TPSA) is 39.6 Å². The lowest BCUT2D eigenvalue weighted by Gasteiger charge is -2.43. The Balaban J connectivity index is 1.38. The first-order valence-corrected chi connectivity index (χ1v) is 10.5. The molecule has 0 unspecified atom stereocenters. The van der Waals surface area contributed by atoms with Crippen LogP contribution in [0.1, 0.15) is 38.8 Å². The Labute approximate surface area is 163 Å². The third-order valence-electron chi connectivity index (χ3n) is 6.43. The van der Waals surface area contributed by atoms with Gasteiger partial charge in [-0.1, -0.05) is 30.7 Å². The monoisotopic (exact) mass is 367 g/mol. The van der Waals surface area contributed by atoms with Crippen molar-refractivity contribution in [2.24, 2.45) is 5.92 Å². The van der Waals surface area contributed by atoms with Gasteiger partial charge in [-0.25, -0.2) is 0 Å². The van der Waals surface area contributed by atoms with Crippen LogP contribution in [0.5, 0.6) is 0 Å². The molecule has 4 heteroatoms. The highest BCUT2D eigenvalue weighted by atomic mass is 16.3. The number of pyridine rings is 1. The summed E-state index contributed by atoms with van der Waals surface area (Å²) in [6.07, 6.45) is 4.61. The molecule has 2 aliphatic heterocycles. The standard InChI is InChI=1S/C23H33N3O/c1-23(2,26-12-6-3-7-13-26)17-25-15-19(22(27)16-25)14-20-11-10-18-8-4-5-9-21(18)24-20/h4-5,8-11,19,22,27H,3,6-7,12-17H2,1-2H3/t19-,22-/m1/s1. The van der Waals surface area contributed by atoms with Crippen molar-refractivity contribution in [1.82, 2.24) is 14.8 Å². The van der Waals surface area contributed by atoms with E-state index in [2.05, 4.69) is 47.9 Å². The van der Waals surface area contributed by atoms with Gasteiger partial charge in [0.25, 0.3) is 0 Å². The van der Waals surface area contributed by atoms with Gasteiger partial charge in [0.1, 0.15) is 0 Å². The molecule has 4 rings (SSSR count). The van der Waals surface area contributed by atoms with Gasteiger partial charge in [0.15, 0.2) is 0 Å². The third-order valence-corrected chi connectivity index (χ3v) is 6.43. The molecule has 0 bridgehead atoms. The van der Waals surface area contributed by atoms with E-state index in [1.54, 1.807) is 0 Å². The molecule has 0 spiro atoms. The van der Waals surface area contributed by atoms with Crippen LogP contribution in [0.15, 0.2) is 36.4 Å². The predicted octanol–water partition coefficient (Wildman–Crippen LogP) is 3.33. The number of aliphatic hydroxyl groups is 1. The van der Waals surface area contributed by atoms with Gasteiger partial charge in [-0.05, 0) is 58.3 Å². The molecular weight excluding hydrogens is 334 g/mol. The Morgan fingerprint density at radius 1 is 1.04 bits per heavy atom. The number of fused-ring (bicyclic) bond motifs is 1. The minimum atomic E-state index is -0.254. The maximum atomic E-state index is 10.7. The Morgan fingerprint density at radius 2 is 1.81 bits per heavy atom. The highest BCUT2D eigenvalue weighted by molar-refractivity contribution is 5.78. The van der Waals surface area contributed by atoms with Gasteiger partial charge in [-0.2, -0.15) is 0 Å². The summed E-state index contributed by atoms with van der Waals surface area (Å²) in [6, 6.07) is 12.5. The van der Waals surface area contributed by atoms with E-state index in [-0.39, 0.29) is 17.6 Å². The minimum Gasteiger partial charge on any atom is -0.391 e. The quantitative estimate of drug-likeness (QED) is 0.880. The van der Waals surface area contributed by atoms with E-state index in [0.717, 1.165) is 37.3 Å². The number of aromatic nitrogens is 1. The number of hydrogen-bond donors (Lipinski definition) is 1. The third kappa shape index (κ3) is 4.34. The van der Waals surface area contributed by atoms with Gasteiger partial charge in [0.05, 0.1) is 11.6 Å². The Morgan fingerprint density at radius 3 is 2.63 bits per heavy atom. The van der Waals surface area contributed by atoms with Crippen molar-refractivity contribution in [1.29, 1.82) is 0 Å². The van der Waals surface area contributed by atoms with Gasteiger partial charge >= 0.3 is 0 Å². The average Bonchev–Trinajstić information content (AvgIpc) is 3.00. The number of aliphatic hydroxyl groups excluding tert-OH is 1.